The molecule has 2 aromatic heterocycles. The van der Waals surface area contributed by atoms with Crippen LogP contribution in [0.3, 0.4) is 0 Å². The predicted octanol–water partition coefficient (Wildman–Crippen LogP) is 3.62. The fourth-order valence-corrected chi connectivity index (χ4v) is 3.79. The minimum atomic E-state index is 0.760. The highest BCUT2D eigenvalue weighted by Crippen LogP contribution is 2.29. The van der Waals surface area contributed by atoms with E-state index in [1.807, 2.05) is 72.3 Å². The first kappa shape index (κ1) is 18.6. The van der Waals surface area contributed by atoms with Crippen LogP contribution < -0.4 is 10.2 Å². The fourth-order valence-electron chi connectivity index (χ4n) is 3.79. The molecule has 0 amide bonds. The van der Waals surface area contributed by atoms with Gasteiger partial charge >= 0.3 is 0 Å². The molecule has 0 atom stereocenters. The van der Waals surface area contributed by atoms with E-state index in [9.17, 15) is 0 Å². The van der Waals surface area contributed by atoms with Gasteiger partial charge in [-0.1, -0.05) is 30.3 Å². The third-order valence-corrected chi connectivity index (χ3v) is 5.43. The third-order valence-electron chi connectivity index (χ3n) is 5.43. The Labute approximate surface area is 176 Å². The lowest BCUT2D eigenvalue weighted by Crippen LogP contribution is -2.45. The molecule has 0 bridgehead atoms. The van der Waals surface area contributed by atoms with Crippen LogP contribution in [0.15, 0.2) is 60.7 Å². The molecule has 2 aromatic carbocycles. The molecule has 5 rings (SSSR count). The zero-order valence-corrected chi connectivity index (χ0v) is 17.3. The number of nitrogens with one attached hydrogen (secondary N) is 1. The molecule has 30 heavy (non-hydrogen) atoms. The van der Waals surface area contributed by atoms with Crippen molar-refractivity contribution in [2.24, 2.45) is 0 Å². The monoisotopic (exact) mass is 399 g/mol. The van der Waals surface area contributed by atoms with Gasteiger partial charge in [0.05, 0.1) is 22.4 Å². The largest absolute Gasteiger partial charge is 0.351 e. The smallest absolute Gasteiger partial charge is 0.175 e. The molecule has 1 aliphatic heterocycles. The van der Waals surface area contributed by atoms with E-state index in [0.29, 0.717) is 0 Å². The van der Waals surface area contributed by atoms with Crippen LogP contribution >= 0.6 is 0 Å². The first-order valence-electron chi connectivity index (χ1n) is 10.3. The summed E-state index contributed by atoms with van der Waals surface area (Å²) >= 11 is 0. The summed E-state index contributed by atoms with van der Waals surface area (Å²) in [5.74, 6) is 2.52. The summed E-state index contributed by atoms with van der Waals surface area (Å²) in [6, 6.07) is 20.2. The number of piperazine rings is 1. The maximum atomic E-state index is 4.98. The van der Waals surface area contributed by atoms with Crippen molar-refractivity contribution in [1.82, 2.24) is 24.6 Å². The van der Waals surface area contributed by atoms with Gasteiger partial charge in [-0.25, -0.2) is 14.6 Å². The molecule has 152 valence electrons. The molecule has 1 saturated heterocycles. The summed E-state index contributed by atoms with van der Waals surface area (Å²) in [4.78, 5) is 14.6. The molecule has 0 spiro atoms. The molecule has 0 aliphatic carbocycles. The standard InChI is InChI=1S/C23H25N7/c1-17-16-21(30(27-17)18-8-4-3-5-9-18)26-22-23(29-14-12-28(2)13-15-29)25-20-11-7-6-10-19(20)24-22/h3-11,16H,12-15H2,1-2H3,(H,24,26). The number of aryl methyl sites for hydroxylation is 1. The van der Waals surface area contributed by atoms with Crippen LogP contribution in [0.4, 0.5) is 17.5 Å². The van der Waals surface area contributed by atoms with E-state index in [1.54, 1.807) is 0 Å². The number of rotatable bonds is 4. The number of fused-ring (bicyclic) bond motifs is 1. The van der Waals surface area contributed by atoms with Gasteiger partial charge in [-0.15, -0.1) is 0 Å². The molecule has 4 aromatic rings. The van der Waals surface area contributed by atoms with Gasteiger partial charge in [-0.2, -0.15) is 5.10 Å². The van der Waals surface area contributed by atoms with Crippen molar-refractivity contribution in [3.05, 3.63) is 66.4 Å². The van der Waals surface area contributed by atoms with Crippen LogP contribution in [0.2, 0.25) is 0 Å². The van der Waals surface area contributed by atoms with Crippen LogP contribution in [0.5, 0.6) is 0 Å². The second-order valence-corrected chi connectivity index (χ2v) is 7.72. The van der Waals surface area contributed by atoms with Crippen molar-refractivity contribution in [2.75, 3.05) is 43.4 Å². The number of nitrogens with zero attached hydrogens (tertiary/aromatic N) is 6. The highest BCUT2D eigenvalue weighted by atomic mass is 15.4. The van der Waals surface area contributed by atoms with Crippen LogP contribution in [0.1, 0.15) is 5.69 Å². The van der Waals surface area contributed by atoms with Crippen molar-refractivity contribution in [1.29, 1.82) is 0 Å². The highest BCUT2D eigenvalue weighted by molar-refractivity contribution is 5.82. The van der Waals surface area contributed by atoms with E-state index in [1.165, 1.54) is 0 Å². The van der Waals surface area contributed by atoms with Crippen molar-refractivity contribution in [2.45, 2.75) is 6.92 Å². The summed E-state index contributed by atoms with van der Waals surface area (Å²) in [5.41, 5.74) is 3.73. The Bertz CT molecular complexity index is 1160. The zero-order chi connectivity index (χ0) is 20.5. The van der Waals surface area contributed by atoms with Gasteiger partial charge in [0.1, 0.15) is 5.82 Å². The van der Waals surface area contributed by atoms with E-state index in [-0.39, 0.29) is 0 Å². The normalized spacial score (nSPS) is 14.9. The molecule has 1 fully saturated rings. The van der Waals surface area contributed by atoms with E-state index < -0.39 is 0 Å². The topological polar surface area (TPSA) is 62.1 Å². The minimum absolute atomic E-state index is 0.760. The molecule has 0 radical (unpaired) electrons. The van der Waals surface area contributed by atoms with E-state index in [4.69, 9.17) is 9.97 Å². The Kier molecular flexibility index (Phi) is 4.80. The average molecular weight is 400 g/mol. The van der Waals surface area contributed by atoms with Gasteiger partial charge < -0.3 is 15.1 Å². The quantitative estimate of drug-likeness (QED) is 0.566. The summed E-state index contributed by atoms with van der Waals surface area (Å²) in [5, 5.41) is 8.21. The van der Waals surface area contributed by atoms with Gasteiger partial charge in [0.15, 0.2) is 11.6 Å². The summed E-state index contributed by atoms with van der Waals surface area (Å²) in [7, 11) is 2.16. The lowest BCUT2D eigenvalue weighted by molar-refractivity contribution is 0.312. The lowest BCUT2D eigenvalue weighted by atomic mass is 10.3. The maximum absolute atomic E-state index is 4.98. The Morgan fingerprint density at radius 2 is 1.50 bits per heavy atom. The van der Waals surface area contributed by atoms with Gasteiger partial charge in [-0.3, -0.25) is 0 Å². The fraction of sp³-hybridized carbons (Fsp3) is 0.261. The molecule has 0 saturated carbocycles. The van der Waals surface area contributed by atoms with E-state index in [2.05, 4.69) is 27.3 Å². The van der Waals surface area contributed by atoms with Gasteiger partial charge in [0.25, 0.3) is 0 Å². The van der Waals surface area contributed by atoms with Crippen molar-refractivity contribution in [3.63, 3.8) is 0 Å². The van der Waals surface area contributed by atoms with Gasteiger partial charge in [0.2, 0.25) is 0 Å². The Morgan fingerprint density at radius 3 is 2.23 bits per heavy atom. The first-order valence-corrected chi connectivity index (χ1v) is 10.3. The van der Waals surface area contributed by atoms with Gasteiger partial charge in [-0.05, 0) is 38.2 Å². The lowest BCUT2D eigenvalue weighted by Gasteiger charge is -2.34. The summed E-state index contributed by atoms with van der Waals surface area (Å²) < 4.78 is 1.92. The Balaban J connectivity index is 1.58. The predicted molar refractivity (Wildman–Crippen MR) is 121 cm³/mol. The average Bonchev–Trinajstić information content (AvgIpc) is 3.14. The van der Waals surface area contributed by atoms with Crippen LogP contribution in [0, 0.1) is 6.92 Å². The number of para-hydroxylation sites is 3. The minimum Gasteiger partial charge on any atom is -0.351 e. The molecular formula is C23H25N7. The number of anilines is 3. The summed E-state index contributed by atoms with van der Waals surface area (Å²) in [6.07, 6.45) is 0. The second kappa shape index (κ2) is 7.76. The zero-order valence-electron chi connectivity index (χ0n) is 17.3. The van der Waals surface area contributed by atoms with Crippen LogP contribution in [-0.4, -0.2) is 57.9 Å². The number of aromatic nitrogens is 4. The SMILES string of the molecule is Cc1cc(Nc2nc3ccccc3nc2N2CCN(C)CC2)n(-c2ccccc2)n1. The first-order chi connectivity index (χ1) is 14.7. The number of likely N-dealkylation sites (N-methyl/N-ethyl adjacent to an activating group) is 1. The Hall–Kier alpha value is -3.45. The Morgan fingerprint density at radius 1 is 0.833 bits per heavy atom. The van der Waals surface area contributed by atoms with Gasteiger partial charge in [0, 0.05) is 32.2 Å². The summed E-state index contributed by atoms with van der Waals surface area (Å²) in [6.45, 7) is 5.87. The molecular weight excluding hydrogens is 374 g/mol. The van der Waals surface area contributed by atoms with Crippen LogP contribution in [-0.2, 0) is 0 Å². The molecule has 3 heterocycles. The number of hydrogen-bond donors (Lipinski definition) is 1. The van der Waals surface area contributed by atoms with E-state index >= 15 is 0 Å². The maximum Gasteiger partial charge on any atom is 0.175 e. The third kappa shape index (κ3) is 3.59. The number of hydrogen-bond acceptors (Lipinski definition) is 6. The molecule has 1 aliphatic rings. The van der Waals surface area contributed by atoms with Crippen LogP contribution in [0.25, 0.3) is 16.7 Å². The molecule has 7 heteroatoms. The van der Waals surface area contributed by atoms with Crippen molar-refractivity contribution in [3.8, 4) is 5.69 Å². The number of benzene rings is 2. The highest BCUT2D eigenvalue weighted by Gasteiger charge is 2.21. The van der Waals surface area contributed by atoms with E-state index in [0.717, 1.165) is 66.0 Å². The molecule has 1 N–H and O–H groups in total. The van der Waals surface area contributed by atoms with Crippen molar-refractivity contribution < 1.29 is 0 Å². The van der Waals surface area contributed by atoms with Crippen molar-refractivity contribution >= 4 is 28.5 Å². The molecule has 7 nitrogen and oxygen atoms in total. The second-order valence-electron chi connectivity index (χ2n) is 7.72. The molecule has 0 unspecified atom stereocenters.